The van der Waals surface area contributed by atoms with Gasteiger partial charge in [-0.05, 0) is 98.2 Å². The summed E-state index contributed by atoms with van der Waals surface area (Å²) in [5.74, 6) is 0. The summed E-state index contributed by atoms with van der Waals surface area (Å²) in [7, 11) is 0. The van der Waals surface area contributed by atoms with Gasteiger partial charge in [-0.1, -0.05) is 141 Å². The average Bonchev–Trinajstić information content (AvgIpc) is 3.66. The zero-order valence-electron chi connectivity index (χ0n) is 28.6. The van der Waals surface area contributed by atoms with Crippen molar-refractivity contribution >= 4 is 59.3 Å². The van der Waals surface area contributed by atoms with E-state index in [9.17, 15) is 0 Å². The van der Waals surface area contributed by atoms with Crippen molar-refractivity contribution in [3.8, 4) is 33.4 Å². The fraction of sp³-hybridized carbons (Fsp3) is 0.0612. The molecule has 0 saturated carbocycles. The number of hydrogen-bond acceptors (Lipinski definition) is 2. The van der Waals surface area contributed by atoms with E-state index in [4.69, 9.17) is 0 Å². The molecule has 9 aromatic rings. The van der Waals surface area contributed by atoms with Crippen molar-refractivity contribution in [2.24, 2.45) is 0 Å². The fourth-order valence-electron chi connectivity index (χ4n) is 8.32. The van der Waals surface area contributed by atoms with Crippen molar-refractivity contribution in [3.63, 3.8) is 0 Å². The molecule has 0 fully saturated rings. The zero-order chi connectivity index (χ0) is 34.1. The Bertz CT molecular complexity index is 2750. The quantitative estimate of drug-likeness (QED) is 0.176. The van der Waals surface area contributed by atoms with Gasteiger partial charge in [0.2, 0.25) is 0 Å². The van der Waals surface area contributed by atoms with Gasteiger partial charge in [-0.2, -0.15) is 0 Å². The van der Waals surface area contributed by atoms with Crippen molar-refractivity contribution in [1.29, 1.82) is 0 Å². The Morgan fingerprint density at radius 2 is 1.04 bits per heavy atom. The molecule has 0 unspecified atom stereocenters. The Kier molecular flexibility index (Phi) is 6.78. The molecule has 0 saturated heterocycles. The van der Waals surface area contributed by atoms with Gasteiger partial charge in [-0.3, -0.25) is 0 Å². The second-order valence-corrected chi connectivity index (χ2v) is 15.2. The molecule has 2 heteroatoms. The SMILES string of the molecule is CC1(C)c2ccccc2-c2c(N(c3ccc(-c4ccccc4)cc3)c3ccc(-c4cccc5sc6cc7ccccc7cc6c45)cc3)cccc21. The maximum Gasteiger partial charge on any atom is 0.0543 e. The molecule has 1 heterocycles. The molecule has 1 aliphatic rings. The summed E-state index contributed by atoms with van der Waals surface area (Å²) >= 11 is 1.88. The minimum absolute atomic E-state index is 0.0814. The van der Waals surface area contributed by atoms with Crippen LogP contribution in [0.1, 0.15) is 25.0 Å². The molecule has 0 spiro atoms. The van der Waals surface area contributed by atoms with Crippen LogP contribution in [0.3, 0.4) is 0 Å². The highest BCUT2D eigenvalue weighted by atomic mass is 32.1. The molecular formula is C49H35NS. The second kappa shape index (κ2) is 11.6. The number of benzene rings is 8. The maximum atomic E-state index is 2.45. The van der Waals surface area contributed by atoms with Gasteiger partial charge in [-0.15, -0.1) is 11.3 Å². The lowest BCUT2D eigenvalue weighted by Crippen LogP contribution is -2.16. The third kappa shape index (κ3) is 4.75. The topological polar surface area (TPSA) is 3.24 Å². The normalized spacial score (nSPS) is 13.1. The number of fused-ring (bicyclic) bond motifs is 7. The lowest BCUT2D eigenvalue weighted by molar-refractivity contribution is 0.660. The van der Waals surface area contributed by atoms with Gasteiger partial charge in [0, 0.05) is 42.5 Å². The number of nitrogens with zero attached hydrogens (tertiary/aromatic N) is 1. The third-order valence-corrected chi connectivity index (χ3v) is 12.0. The van der Waals surface area contributed by atoms with E-state index in [0.717, 1.165) is 11.4 Å². The van der Waals surface area contributed by atoms with E-state index < -0.39 is 0 Å². The van der Waals surface area contributed by atoms with Crippen LogP contribution in [0.15, 0.2) is 176 Å². The van der Waals surface area contributed by atoms with Crippen LogP contribution in [0.5, 0.6) is 0 Å². The minimum Gasteiger partial charge on any atom is -0.310 e. The van der Waals surface area contributed by atoms with E-state index in [2.05, 4.69) is 195 Å². The fourth-order valence-corrected chi connectivity index (χ4v) is 9.49. The van der Waals surface area contributed by atoms with Crippen LogP contribution in [-0.4, -0.2) is 0 Å². The Morgan fingerprint density at radius 3 is 1.80 bits per heavy atom. The predicted molar refractivity (Wildman–Crippen MR) is 220 cm³/mol. The lowest BCUT2D eigenvalue weighted by Gasteiger charge is -2.29. The van der Waals surface area contributed by atoms with Crippen LogP contribution in [0.25, 0.3) is 64.3 Å². The Hall–Kier alpha value is -5.96. The van der Waals surface area contributed by atoms with Crippen LogP contribution in [0.4, 0.5) is 17.1 Å². The highest BCUT2D eigenvalue weighted by Gasteiger charge is 2.37. The molecule has 10 rings (SSSR count). The zero-order valence-corrected chi connectivity index (χ0v) is 29.4. The number of anilines is 3. The first kappa shape index (κ1) is 29.9. The standard InChI is InChI=1S/C49H35NS/c1-49(2)42-18-9-8-16-40(42)48-43(49)19-11-20-44(48)50(37-26-22-33(23-27-37)32-12-4-3-5-13-32)38-28-24-34(25-29-38)39-17-10-21-45-47(39)41-30-35-14-6-7-15-36(35)31-46(41)51-45/h3-31H,1-2H3. The molecule has 1 aromatic heterocycles. The van der Waals surface area contributed by atoms with Gasteiger partial charge in [-0.25, -0.2) is 0 Å². The van der Waals surface area contributed by atoms with Gasteiger partial charge < -0.3 is 4.90 Å². The lowest BCUT2D eigenvalue weighted by atomic mass is 9.82. The van der Waals surface area contributed by atoms with Crippen molar-refractivity contribution in [2.75, 3.05) is 4.90 Å². The first-order chi connectivity index (χ1) is 25.0. The molecule has 0 aliphatic heterocycles. The summed E-state index contributed by atoms with van der Waals surface area (Å²) in [6.07, 6.45) is 0. The van der Waals surface area contributed by atoms with Gasteiger partial charge in [0.1, 0.15) is 0 Å². The predicted octanol–water partition coefficient (Wildman–Crippen LogP) is 14.3. The number of thiophene rings is 1. The number of hydrogen-bond donors (Lipinski definition) is 0. The molecular weight excluding hydrogens is 635 g/mol. The molecule has 0 atom stereocenters. The van der Waals surface area contributed by atoms with E-state index in [0.29, 0.717) is 0 Å². The van der Waals surface area contributed by atoms with Crippen molar-refractivity contribution < 1.29 is 0 Å². The van der Waals surface area contributed by atoms with Crippen molar-refractivity contribution in [1.82, 2.24) is 0 Å². The largest absolute Gasteiger partial charge is 0.310 e. The summed E-state index contributed by atoms with van der Waals surface area (Å²) in [6.45, 7) is 4.71. The summed E-state index contributed by atoms with van der Waals surface area (Å²) in [6, 6.07) is 64.8. The third-order valence-electron chi connectivity index (χ3n) is 10.9. The highest BCUT2D eigenvalue weighted by molar-refractivity contribution is 7.26. The van der Waals surface area contributed by atoms with E-state index in [-0.39, 0.29) is 5.41 Å². The summed E-state index contributed by atoms with van der Waals surface area (Å²) in [5, 5.41) is 5.24. The van der Waals surface area contributed by atoms with Crippen LogP contribution in [0, 0.1) is 0 Å². The van der Waals surface area contributed by atoms with E-state index in [1.165, 1.54) is 81.1 Å². The molecule has 1 aliphatic carbocycles. The van der Waals surface area contributed by atoms with Gasteiger partial charge in [0.25, 0.3) is 0 Å². The van der Waals surface area contributed by atoms with E-state index in [1.54, 1.807) is 0 Å². The first-order valence-electron chi connectivity index (χ1n) is 17.7. The summed E-state index contributed by atoms with van der Waals surface area (Å²) in [4.78, 5) is 2.45. The molecule has 51 heavy (non-hydrogen) atoms. The van der Waals surface area contributed by atoms with E-state index >= 15 is 0 Å². The van der Waals surface area contributed by atoms with Gasteiger partial charge in [0.05, 0.1) is 5.69 Å². The Balaban J connectivity index is 1.14. The summed E-state index contributed by atoms with van der Waals surface area (Å²) < 4.78 is 2.65. The van der Waals surface area contributed by atoms with Crippen LogP contribution >= 0.6 is 11.3 Å². The van der Waals surface area contributed by atoms with Crippen LogP contribution in [0.2, 0.25) is 0 Å². The average molecular weight is 670 g/mol. The smallest absolute Gasteiger partial charge is 0.0543 e. The Morgan fingerprint density at radius 1 is 0.451 bits per heavy atom. The van der Waals surface area contributed by atoms with E-state index in [1.807, 2.05) is 11.3 Å². The number of rotatable bonds is 5. The van der Waals surface area contributed by atoms with Gasteiger partial charge in [0.15, 0.2) is 0 Å². The molecule has 8 aromatic carbocycles. The second-order valence-electron chi connectivity index (χ2n) is 14.1. The van der Waals surface area contributed by atoms with Crippen molar-refractivity contribution in [2.45, 2.75) is 19.3 Å². The van der Waals surface area contributed by atoms with Gasteiger partial charge >= 0.3 is 0 Å². The maximum absolute atomic E-state index is 2.45. The molecule has 0 amide bonds. The summed E-state index contributed by atoms with van der Waals surface area (Å²) in [5.41, 5.74) is 13.7. The highest BCUT2D eigenvalue weighted by Crippen LogP contribution is 2.54. The van der Waals surface area contributed by atoms with Crippen LogP contribution < -0.4 is 4.90 Å². The minimum atomic E-state index is -0.0814. The molecule has 1 nitrogen and oxygen atoms in total. The molecule has 0 radical (unpaired) electrons. The van der Waals surface area contributed by atoms with Crippen molar-refractivity contribution in [3.05, 3.63) is 187 Å². The molecule has 242 valence electrons. The first-order valence-corrected chi connectivity index (χ1v) is 18.5. The molecule has 0 bridgehead atoms. The van der Waals surface area contributed by atoms with Crippen LogP contribution in [-0.2, 0) is 5.41 Å². The molecule has 0 N–H and O–H groups in total. The monoisotopic (exact) mass is 669 g/mol. The Labute approximate surface area is 302 Å².